The van der Waals surface area contributed by atoms with Crippen molar-refractivity contribution in [2.24, 2.45) is 11.7 Å². The van der Waals surface area contributed by atoms with Crippen molar-refractivity contribution >= 4 is 62.5 Å². The lowest BCUT2D eigenvalue weighted by molar-refractivity contribution is -0.120. The molecule has 0 saturated carbocycles. The van der Waals surface area contributed by atoms with Crippen LogP contribution in [0.25, 0.3) is 21.5 Å². The van der Waals surface area contributed by atoms with E-state index < -0.39 is 17.9 Å². The van der Waals surface area contributed by atoms with Crippen molar-refractivity contribution in [2.45, 2.75) is 26.3 Å². The predicted molar refractivity (Wildman–Crippen MR) is 117 cm³/mol. The molecule has 5 N–H and O–H groups in total. The number of hydrogen-bond donors (Lipinski definition) is 3. The maximum absolute atomic E-state index is 12.7. The molecule has 0 saturated heterocycles. The normalized spacial score (nSPS) is 12.3. The number of aromatic nitrogens is 2. The van der Waals surface area contributed by atoms with E-state index in [4.69, 9.17) is 34.7 Å². The number of benzene rings is 1. The van der Waals surface area contributed by atoms with Crippen LogP contribution in [0.3, 0.4) is 0 Å². The van der Waals surface area contributed by atoms with Gasteiger partial charge in [-0.25, -0.2) is 9.97 Å². The van der Waals surface area contributed by atoms with E-state index in [-0.39, 0.29) is 11.9 Å². The molecule has 2 amide bonds. The van der Waals surface area contributed by atoms with E-state index in [9.17, 15) is 9.59 Å². The van der Waals surface area contributed by atoms with Gasteiger partial charge in [-0.3, -0.25) is 9.59 Å². The van der Waals surface area contributed by atoms with E-state index in [1.54, 1.807) is 24.3 Å². The van der Waals surface area contributed by atoms with Crippen molar-refractivity contribution < 1.29 is 9.59 Å². The molecule has 1 aromatic carbocycles. The number of primary amides is 1. The fraction of sp³-hybridized carbons (Fsp3) is 0.263. The summed E-state index contributed by atoms with van der Waals surface area (Å²) in [5.41, 5.74) is 12.4. The van der Waals surface area contributed by atoms with Crippen LogP contribution in [0.1, 0.15) is 29.9 Å². The summed E-state index contributed by atoms with van der Waals surface area (Å²) in [6.07, 6.45) is 0.449. The molecule has 2 aromatic heterocycles. The second kappa shape index (κ2) is 8.52. The van der Waals surface area contributed by atoms with E-state index in [1.807, 2.05) is 13.8 Å². The summed E-state index contributed by atoms with van der Waals surface area (Å²) in [5.74, 6) is -0.739. The highest BCUT2D eigenvalue weighted by Gasteiger charge is 2.23. The van der Waals surface area contributed by atoms with E-state index in [1.165, 1.54) is 0 Å². The Morgan fingerprint density at radius 1 is 1.21 bits per heavy atom. The zero-order chi connectivity index (χ0) is 21.3. The number of hydrogen-bond acceptors (Lipinski definition) is 6. The van der Waals surface area contributed by atoms with Crippen LogP contribution in [0.4, 0.5) is 5.95 Å². The second-order valence-electron chi connectivity index (χ2n) is 6.94. The number of carbonyl (C=O) groups is 2. The van der Waals surface area contributed by atoms with Gasteiger partial charge in [0.15, 0.2) is 0 Å². The van der Waals surface area contributed by atoms with E-state index in [0.717, 1.165) is 11.3 Å². The quantitative estimate of drug-likeness (QED) is 0.524. The lowest BCUT2D eigenvalue weighted by Crippen LogP contribution is -2.45. The minimum Gasteiger partial charge on any atom is -0.368 e. The first kappa shape index (κ1) is 21.3. The number of nitrogens with zero attached hydrogens (tertiary/aromatic N) is 2. The topological polar surface area (TPSA) is 124 Å². The molecule has 3 rings (SSSR count). The molecule has 0 unspecified atom stereocenters. The molecule has 0 aliphatic rings. The van der Waals surface area contributed by atoms with Crippen LogP contribution in [0.2, 0.25) is 10.0 Å². The summed E-state index contributed by atoms with van der Waals surface area (Å²) < 4.78 is 0. The molecule has 0 fully saturated rings. The second-order valence-corrected chi connectivity index (χ2v) is 8.82. The Balaban J connectivity index is 2.02. The van der Waals surface area contributed by atoms with Crippen molar-refractivity contribution in [1.82, 2.24) is 15.3 Å². The van der Waals surface area contributed by atoms with Gasteiger partial charge in [-0.2, -0.15) is 0 Å². The number of nitrogens with two attached hydrogens (primary N) is 2. The molecule has 0 radical (unpaired) electrons. The molecule has 10 heteroatoms. The molecule has 3 aromatic rings. The lowest BCUT2D eigenvalue weighted by atomic mass is 10.0. The zero-order valence-corrected chi connectivity index (χ0v) is 18.0. The Kier molecular flexibility index (Phi) is 6.26. The number of thiophene rings is 1. The van der Waals surface area contributed by atoms with Crippen LogP contribution in [0.5, 0.6) is 0 Å². The van der Waals surface area contributed by atoms with Gasteiger partial charge in [0, 0.05) is 16.0 Å². The predicted octanol–water partition coefficient (Wildman–Crippen LogP) is 3.88. The standard InChI is InChI=1S/C19H19Cl2N5O2S/c1-8(2)5-13(16(22)27)24-17(28)14-7-11-15(25-19(23)26-18(11)29-14)10-4-3-9(20)6-12(10)21/h3-4,6-8,13H,5H2,1-2H3,(H2,22,27)(H,24,28)(H2,23,25,26)/t13-/m0/s1. The van der Waals surface area contributed by atoms with E-state index in [2.05, 4.69) is 15.3 Å². The van der Waals surface area contributed by atoms with Gasteiger partial charge >= 0.3 is 0 Å². The number of anilines is 1. The Hall–Kier alpha value is -2.42. The van der Waals surface area contributed by atoms with Crippen LogP contribution in [0.15, 0.2) is 24.3 Å². The number of fused-ring (bicyclic) bond motifs is 1. The van der Waals surface area contributed by atoms with Crippen molar-refractivity contribution in [3.8, 4) is 11.3 Å². The van der Waals surface area contributed by atoms with Gasteiger partial charge in [0.05, 0.1) is 15.6 Å². The molecule has 0 bridgehead atoms. The minimum atomic E-state index is -0.756. The number of carbonyl (C=O) groups excluding carboxylic acids is 2. The summed E-state index contributed by atoms with van der Waals surface area (Å²) in [4.78, 5) is 33.8. The Morgan fingerprint density at radius 3 is 2.55 bits per heavy atom. The van der Waals surface area contributed by atoms with E-state index in [0.29, 0.717) is 42.8 Å². The Morgan fingerprint density at radius 2 is 1.93 bits per heavy atom. The third-order valence-electron chi connectivity index (χ3n) is 4.18. The van der Waals surface area contributed by atoms with Crippen LogP contribution in [0, 0.1) is 5.92 Å². The van der Waals surface area contributed by atoms with Crippen LogP contribution >= 0.6 is 34.5 Å². The van der Waals surface area contributed by atoms with Gasteiger partial charge in [0.2, 0.25) is 11.9 Å². The first-order valence-corrected chi connectivity index (χ1v) is 10.4. The highest BCUT2D eigenvalue weighted by molar-refractivity contribution is 7.20. The highest BCUT2D eigenvalue weighted by atomic mass is 35.5. The largest absolute Gasteiger partial charge is 0.368 e. The summed E-state index contributed by atoms with van der Waals surface area (Å²) >= 11 is 13.4. The van der Waals surface area contributed by atoms with Crippen molar-refractivity contribution in [2.75, 3.05) is 5.73 Å². The number of rotatable bonds is 6. The van der Waals surface area contributed by atoms with E-state index >= 15 is 0 Å². The van der Waals surface area contributed by atoms with Gasteiger partial charge in [-0.05, 0) is 36.6 Å². The SMILES string of the molecule is CC(C)C[C@H](NC(=O)c1cc2c(-c3ccc(Cl)cc3Cl)nc(N)nc2s1)C(N)=O. The van der Waals surface area contributed by atoms with Gasteiger partial charge in [-0.1, -0.05) is 37.0 Å². The van der Waals surface area contributed by atoms with Crippen LogP contribution < -0.4 is 16.8 Å². The molecular formula is C19H19Cl2N5O2S. The fourth-order valence-electron chi connectivity index (χ4n) is 2.88. The Labute approximate surface area is 181 Å². The molecule has 152 valence electrons. The monoisotopic (exact) mass is 451 g/mol. The van der Waals surface area contributed by atoms with Crippen molar-refractivity contribution in [3.63, 3.8) is 0 Å². The average molecular weight is 452 g/mol. The smallest absolute Gasteiger partial charge is 0.262 e. The number of amides is 2. The highest BCUT2D eigenvalue weighted by Crippen LogP contribution is 2.36. The molecule has 0 aliphatic heterocycles. The van der Waals surface area contributed by atoms with Gasteiger partial charge in [-0.15, -0.1) is 11.3 Å². The van der Waals surface area contributed by atoms with Crippen molar-refractivity contribution in [3.05, 3.63) is 39.2 Å². The summed E-state index contributed by atoms with van der Waals surface area (Å²) in [6.45, 7) is 3.89. The third-order valence-corrected chi connectivity index (χ3v) is 5.75. The maximum Gasteiger partial charge on any atom is 0.262 e. The first-order chi connectivity index (χ1) is 13.7. The van der Waals surface area contributed by atoms with Crippen LogP contribution in [-0.4, -0.2) is 27.8 Å². The number of nitrogen functional groups attached to an aromatic ring is 1. The third kappa shape index (κ3) is 4.77. The molecule has 1 atom stereocenters. The molecule has 0 aliphatic carbocycles. The lowest BCUT2D eigenvalue weighted by Gasteiger charge is -2.16. The van der Waals surface area contributed by atoms with Gasteiger partial charge in [0.25, 0.3) is 5.91 Å². The summed E-state index contributed by atoms with van der Waals surface area (Å²) in [5, 5.41) is 4.21. The summed E-state index contributed by atoms with van der Waals surface area (Å²) in [7, 11) is 0. The van der Waals surface area contributed by atoms with Crippen molar-refractivity contribution in [1.29, 1.82) is 0 Å². The first-order valence-electron chi connectivity index (χ1n) is 8.78. The molecule has 0 spiro atoms. The molecule has 7 nitrogen and oxygen atoms in total. The molecule has 29 heavy (non-hydrogen) atoms. The molecular weight excluding hydrogens is 433 g/mol. The zero-order valence-electron chi connectivity index (χ0n) is 15.7. The maximum atomic E-state index is 12.7. The van der Waals surface area contributed by atoms with Crippen LogP contribution in [-0.2, 0) is 4.79 Å². The fourth-order valence-corrected chi connectivity index (χ4v) is 4.32. The number of halogens is 2. The van der Waals surface area contributed by atoms with Gasteiger partial charge < -0.3 is 16.8 Å². The summed E-state index contributed by atoms with van der Waals surface area (Å²) in [6, 6.07) is 5.92. The van der Waals surface area contributed by atoms with Gasteiger partial charge in [0.1, 0.15) is 10.9 Å². The minimum absolute atomic E-state index is 0.0575. The molecule has 2 heterocycles. The number of nitrogens with one attached hydrogen (secondary N) is 1. The average Bonchev–Trinajstić information content (AvgIpc) is 3.04. The Bertz CT molecular complexity index is 1100.